The maximum absolute atomic E-state index is 12.4. The molecule has 0 aliphatic rings. The van der Waals surface area contributed by atoms with E-state index >= 15 is 0 Å². The first-order valence-electron chi connectivity index (χ1n) is 12.2. The summed E-state index contributed by atoms with van der Waals surface area (Å²) in [6.07, 6.45) is 16.4. The Morgan fingerprint density at radius 2 is 0.968 bits per heavy atom. The molecule has 31 heavy (non-hydrogen) atoms. The number of hydrogen-bond acceptors (Lipinski definition) is 4. The lowest BCUT2D eigenvalue weighted by Crippen LogP contribution is -2.10. The van der Waals surface area contributed by atoms with Gasteiger partial charge in [0.25, 0.3) is 0 Å². The van der Waals surface area contributed by atoms with E-state index in [1.807, 2.05) is 0 Å². The predicted molar refractivity (Wildman–Crippen MR) is 131 cm³/mol. The number of carbonyl (C=O) groups is 2. The minimum Gasteiger partial charge on any atom is -0.462 e. The number of ether oxygens (including phenoxy) is 2. The lowest BCUT2D eigenvalue weighted by molar-refractivity contribution is 0.0496. The maximum atomic E-state index is 12.4. The van der Waals surface area contributed by atoms with E-state index in [9.17, 15) is 9.59 Å². The van der Waals surface area contributed by atoms with Crippen LogP contribution < -0.4 is 0 Å². The van der Waals surface area contributed by atoms with E-state index in [4.69, 9.17) is 9.47 Å². The molecule has 1 aromatic rings. The van der Waals surface area contributed by atoms with Crippen molar-refractivity contribution in [2.24, 2.45) is 0 Å². The molecule has 0 heterocycles. The van der Waals surface area contributed by atoms with Crippen molar-refractivity contribution in [1.29, 1.82) is 0 Å². The summed E-state index contributed by atoms with van der Waals surface area (Å²) in [5, 5.41) is 0. The van der Waals surface area contributed by atoms with Gasteiger partial charge in [-0.15, -0.1) is 0 Å². The van der Waals surface area contributed by atoms with E-state index in [0.717, 1.165) is 25.7 Å². The van der Waals surface area contributed by atoms with Gasteiger partial charge in [0.1, 0.15) is 0 Å². The summed E-state index contributed by atoms with van der Waals surface area (Å²) in [6.45, 7) is 5.25. The molecule has 4 nitrogen and oxygen atoms in total. The van der Waals surface area contributed by atoms with E-state index < -0.39 is 11.9 Å². The summed E-state index contributed by atoms with van der Waals surface area (Å²) >= 11 is 3.38. The highest BCUT2D eigenvalue weighted by Gasteiger charge is 2.14. The summed E-state index contributed by atoms with van der Waals surface area (Å²) < 4.78 is 11.4. The zero-order valence-corrected chi connectivity index (χ0v) is 21.1. The molecule has 0 bridgehead atoms. The van der Waals surface area contributed by atoms with Crippen molar-refractivity contribution in [1.82, 2.24) is 0 Å². The van der Waals surface area contributed by atoms with Crippen LogP contribution in [-0.2, 0) is 9.47 Å². The summed E-state index contributed by atoms with van der Waals surface area (Å²) in [6, 6.07) is 4.92. The number of hydrogen-bond donors (Lipinski definition) is 0. The molecule has 1 rings (SSSR count). The summed E-state index contributed by atoms with van der Waals surface area (Å²) in [7, 11) is 0. The van der Waals surface area contributed by atoms with Crippen molar-refractivity contribution in [2.75, 3.05) is 13.2 Å². The minimum atomic E-state index is -0.395. The van der Waals surface area contributed by atoms with Crippen LogP contribution in [0.2, 0.25) is 0 Å². The largest absolute Gasteiger partial charge is 0.462 e. The third-order valence-corrected chi connectivity index (χ3v) is 5.79. The molecule has 0 aliphatic heterocycles. The summed E-state index contributed by atoms with van der Waals surface area (Å²) in [4.78, 5) is 24.7. The summed E-state index contributed by atoms with van der Waals surface area (Å²) in [5.41, 5.74) is 0.750. The zero-order valence-electron chi connectivity index (χ0n) is 19.6. The van der Waals surface area contributed by atoms with E-state index in [2.05, 4.69) is 29.8 Å². The Hall–Kier alpha value is -1.36. The van der Waals surface area contributed by atoms with Crippen LogP contribution in [0.3, 0.4) is 0 Å². The highest BCUT2D eigenvalue weighted by Crippen LogP contribution is 2.18. The van der Waals surface area contributed by atoms with Crippen LogP contribution in [0.15, 0.2) is 22.7 Å². The normalized spacial score (nSPS) is 10.8. The first-order valence-corrected chi connectivity index (χ1v) is 13.0. The Balaban J connectivity index is 2.32. The van der Waals surface area contributed by atoms with E-state index in [1.165, 1.54) is 64.2 Å². The third kappa shape index (κ3) is 13.6. The Morgan fingerprint density at radius 1 is 0.613 bits per heavy atom. The molecule has 176 valence electrons. The SMILES string of the molecule is CCCCCCCCCOC(=O)c1cc(Br)cc(C(=O)OCCCCCCCCC)c1. The molecule has 0 saturated heterocycles. The Labute approximate surface area is 197 Å². The molecule has 1 aromatic carbocycles. The second-order valence-electron chi connectivity index (χ2n) is 8.24. The molecule has 0 radical (unpaired) electrons. The average Bonchev–Trinajstić information content (AvgIpc) is 2.76. The van der Waals surface area contributed by atoms with Crippen molar-refractivity contribution < 1.29 is 19.1 Å². The van der Waals surface area contributed by atoms with Gasteiger partial charge in [0.15, 0.2) is 0 Å². The van der Waals surface area contributed by atoms with Crippen LogP contribution in [0, 0.1) is 0 Å². The smallest absolute Gasteiger partial charge is 0.338 e. The number of unbranched alkanes of at least 4 members (excludes halogenated alkanes) is 12. The van der Waals surface area contributed by atoms with Crippen molar-refractivity contribution in [3.05, 3.63) is 33.8 Å². The minimum absolute atomic E-state index is 0.375. The lowest BCUT2D eigenvalue weighted by Gasteiger charge is -2.09. The molecule has 0 saturated carbocycles. The molecule has 0 spiro atoms. The van der Waals surface area contributed by atoms with Gasteiger partial charge >= 0.3 is 11.9 Å². The van der Waals surface area contributed by atoms with Gasteiger partial charge in [-0.1, -0.05) is 107 Å². The van der Waals surface area contributed by atoms with Crippen LogP contribution in [0.25, 0.3) is 0 Å². The van der Waals surface area contributed by atoms with E-state index in [1.54, 1.807) is 18.2 Å². The number of esters is 2. The molecule has 0 unspecified atom stereocenters. The number of halogens is 1. The quantitative estimate of drug-likeness (QED) is 0.151. The molecular weight excluding hydrogens is 456 g/mol. The Morgan fingerprint density at radius 3 is 1.35 bits per heavy atom. The second-order valence-corrected chi connectivity index (χ2v) is 9.16. The highest BCUT2D eigenvalue weighted by molar-refractivity contribution is 9.10. The highest BCUT2D eigenvalue weighted by atomic mass is 79.9. The van der Waals surface area contributed by atoms with Gasteiger partial charge < -0.3 is 9.47 Å². The van der Waals surface area contributed by atoms with Gasteiger partial charge in [-0.05, 0) is 31.0 Å². The van der Waals surface area contributed by atoms with Crippen molar-refractivity contribution >= 4 is 27.9 Å². The van der Waals surface area contributed by atoms with Gasteiger partial charge in [-0.3, -0.25) is 0 Å². The lowest BCUT2D eigenvalue weighted by atomic mass is 10.1. The van der Waals surface area contributed by atoms with E-state index in [0.29, 0.717) is 28.8 Å². The third-order valence-electron chi connectivity index (χ3n) is 5.33. The first-order chi connectivity index (χ1) is 15.1. The molecule has 0 aromatic heterocycles. The van der Waals surface area contributed by atoms with Gasteiger partial charge in [0.2, 0.25) is 0 Å². The second kappa shape index (κ2) is 18.2. The molecular formula is C26H41BrO4. The van der Waals surface area contributed by atoms with Crippen LogP contribution in [0.5, 0.6) is 0 Å². The Kier molecular flexibility index (Phi) is 16.3. The monoisotopic (exact) mass is 496 g/mol. The number of carbonyl (C=O) groups excluding carboxylic acids is 2. The standard InChI is InChI=1S/C26H41BrO4/c1-3-5-7-9-11-13-15-17-30-25(28)22-19-23(21-24(27)20-22)26(29)31-18-16-14-12-10-8-6-4-2/h19-21H,3-18H2,1-2H3. The Bertz CT molecular complexity index is 580. The fourth-order valence-corrected chi connectivity index (χ4v) is 3.93. The molecule has 0 atom stereocenters. The maximum Gasteiger partial charge on any atom is 0.338 e. The van der Waals surface area contributed by atoms with E-state index in [-0.39, 0.29) is 0 Å². The first kappa shape index (κ1) is 27.7. The number of rotatable bonds is 18. The van der Waals surface area contributed by atoms with Crippen LogP contribution in [-0.4, -0.2) is 25.2 Å². The molecule has 0 aliphatic carbocycles. The van der Waals surface area contributed by atoms with Gasteiger partial charge in [0, 0.05) is 4.47 Å². The predicted octanol–water partition coefficient (Wildman–Crippen LogP) is 8.26. The molecule has 0 amide bonds. The zero-order chi connectivity index (χ0) is 22.7. The van der Waals surface area contributed by atoms with Gasteiger partial charge in [-0.2, -0.15) is 0 Å². The fourth-order valence-electron chi connectivity index (χ4n) is 3.44. The fraction of sp³-hybridized carbons (Fsp3) is 0.692. The van der Waals surface area contributed by atoms with Crippen LogP contribution in [0.1, 0.15) is 124 Å². The summed E-state index contributed by atoms with van der Waals surface area (Å²) in [5.74, 6) is -0.790. The number of benzene rings is 1. The molecule has 0 fully saturated rings. The van der Waals surface area contributed by atoms with Gasteiger partial charge in [0.05, 0.1) is 24.3 Å². The van der Waals surface area contributed by atoms with Crippen molar-refractivity contribution in [3.63, 3.8) is 0 Å². The van der Waals surface area contributed by atoms with Crippen molar-refractivity contribution in [3.8, 4) is 0 Å². The van der Waals surface area contributed by atoms with Crippen molar-refractivity contribution in [2.45, 2.75) is 104 Å². The molecule has 5 heteroatoms. The molecule has 0 N–H and O–H groups in total. The topological polar surface area (TPSA) is 52.6 Å². The average molecular weight is 498 g/mol. The van der Waals surface area contributed by atoms with Gasteiger partial charge in [-0.25, -0.2) is 9.59 Å². The van der Waals surface area contributed by atoms with Crippen LogP contribution >= 0.6 is 15.9 Å². The van der Waals surface area contributed by atoms with Crippen LogP contribution in [0.4, 0.5) is 0 Å².